The molecule has 0 radical (unpaired) electrons. The first-order chi connectivity index (χ1) is 6.81. The molecule has 1 aromatic carbocycles. The van der Waals surface area contributed by atoms with E-state index in [-0.39, 0.29) is 0 Å². The Morgan fingerprint density at radius 1 is 1.57 bits per heavy atom. The van der Waals surface area contributed by atoms with E-state index in [1.165, 1.54) is 12.0 Å². The minimum Gasteiger partial charge on any atom is -0.494 e. The number of rotatable bonds is 3. The summed E-state index contributed by atoms with van der Waals surface area (Å²) >= 11 is 3.49. The van der Waals surface area contributed by atoms with Crippen LogP contribution in [0.15, 0.2) is 22.7 Å². The summed E-state index contributed by atoms with van der Waals surface area (Å²) in [6.07, 6.45) is 1.20. The summed E-state index contributed by atoms with van der Waals surface area (Å²) in [4.78, 5) is 0. The van der Waals surface area contributed by atoms with Gasteiger partial charge in [-0.25, -0.2) is 0 Å². The lowest BCUT2D eigenvalue weighted by Gasteiger charge is -2.29. The summed E-state index contributed by atoms with van der Waals surface area (Å²) in [5, 5.41) is 3.39. The molecular formula is C11H14BrNO. The van der Waals surface area contributed by atoms with Crippen LogP contribution in [0.25, 0.3) is 0 Å². The van der Waals surface area contributed by atoms with Gasteiger partial charge in [0, 0.05) is 16.1 Å². The Bertz CT molecular complexity index is 323. The molecule has 1 aliphatic rings. The van der Waals surface area contributed by atoms with E-state index >= 15 is 0 Å². The number of nitrogens with one attached hydrogen (secondary N) is 1. The van der Waals surface area contributed by atoms with Gasteiger partial charge in [-0.3, -0.25) is 0 Å². The van der Waals surface area contributed by atoms with Crippen molar-refractivity contribution in [2.75, 3.05) is 13.2 Å². The standard InChI is InChI=1S/C11H14BrNO/c1-2-14-11-4-3-8(12)7-9(11)10-5-6-13-10/h3-4,7,10,13H,2,5-6H2,1H3/t10-/m0/s1. The Kier molecular flexibility index (Phi) is 3.08. The fraction of sp³-hybridized carbons (Fsp3) is 0.455. The first kappa shape index (κ1) is 9.99. The van der Waals surface area contributed by atoms with Gasteiger partial charge in [0.05, 0.1) is 6.61 Å². The summed E-state index contributed by atoms with van der Waals surface area (Å²) in [5.41, 5.74) is 1.27. The van der Waals surface area contributed by atoms with E-state index in [9.17, 15) is 0 Å². The summed E-state index contributed by atoms with van der Waals surface area (Å²) in [7, 11) is 0. The molecule has 3 heteroatoms. The van der Waals surface area contributed by atoms with Gasteiger partial charge in [-0.2, -0.15) is 0 Å². The lowest BCUT2D eigenvalue weighted by molar-refractivity contribution is 0.316. The third kappa shape index (κ3) is 1.93. The molecule has 0 saturated carbocycles. The molecule has 1 saturated heterocycles. The van der Waals surface area contributed by atoms with Crippen molar-refractivity contribution in [1.82, 2.24) is 5.32 Å². The second-order valence-corrected chi connectivity index (χ2v) is 4.33. The quantitative estimate of drug-likeness (QED) is 0.897. The largest absolute Gasteiger partial charge is 0.494 e. The molecule has 2 nitrogen and oxygen atoms in total. The maximum absolute atomic E-state index is 5.59. The van der Waals surface area contributed by atoms with Crippen LogP contribution in [-0.2, 0) is 0 Å². The summed E-state index contributed by atoms with van der Waals surface area (Å²) in [6.45, 7) is 3.85. The Balaban J connectivity index is 2.27. The summed E-state index contributed by atoms with van der Waals surface area (Å²) < 4.78 is 6.70. The molecule has 1 fully saturated rings. The van der Waals surface area contributed by atoms with Crippen molar-refractivity contribution in [3.8, 4) is 5.75 Å². The van der Waals surface area contributed by atoms with Crippen LogP contribution in [0.5, 0.6) is 5.75 Å². The molecule has 2 rings (SSSR count). The maximum atomic E-state index is 5.59. The molecule has 1 aromatic rings. The number of halogens is 1. The van der Waals surface area contributed by atoms with Gasteiger partial charge in [-0.05, 0) is 38.1 Å². The van der Waals surface area contributed by atoms with Gasteiger partial charge in [0.25, 0.3) is 0 Å². The minimum absolute atomic E-state index is 0.481. The number of ether oxygens (including phenoxy) is 1. The second kappa shape index (κ2) is 4.32. The Labute approximate surface area is 92.8 Å². The zero-order chi connectivity index (χ0) is 9.97. The molecule has 76 valence electrons. The molecule has 1 aliphatic heterocycles. The average Bonchev–Trinajstić information content (AvgIpc) is 2.07. The van der Waals surface area contributed by atoms with Gasteiger partial charge in [0.2, 0.25) is 0 Å². The minimum atomic E-state index is 0.481. The molecule has 1 atom stereocenters. The van der Waals surface area contributed by atoms with Crippen molar-refractivity contribution in [2.24, 2.45) is 0 Å². The van der Waals surface area contributed by atoms with E-state index in [1.807, 2.05) is 19.1 Å². The Hall–Kier alpha value is -0.540. The molecule has 1 heterocycles. The fourth-order valence-electron chi connectivity index (χ4n) is 1.63. The lowest BCUT2D eigenvalue weighted by Crippen LogP contribution is -2.35. The normalized spacial score (nSPS) is 20.3. The van der Waals surface area contributed by atoms with Gasteiger partial charge < -0.3 is 10.1 Å². The third-order valence-electron chi connectivity index (χ3n) is 2.47. The molecule has 1 N–H and O–H groups in total. The first-order valence-electron chi connectivity index (χ1n) is 4.97. The molecule has 0 aliphatic carbocycles. The van der Waals surface area contributed by atoms with E-state index in [0.717, 1.165) is 23.4 Å². The zero-order valence-electron chi connectivity index (χ0n) is 8.22. The third-order valence-corrected chi connectivity index (χ3v) is 2.96. The van der Waals surface area contributed by atoms with Crippen molar-refractivity contribution >= 4 is 15.9 Å². The molecule has 14 heavy (non-hydrogen) atoms. The van der Waals surface area contributed by atoms with Crippen LogP contribution < -0.4 is 10.1 Å². The highest BCUT2D eigenvalue weighted by atomic mass is 79.9. The van der Waals surface area contributed by atoms with Crippen LogP contribution >= 0.6 is 15.9 Å². The molecule has 0 amide bonds. The fourth-order valence-corrected chi connectivity index (χ4v) is 2.01. The summed E-state index contributed by atoms with van der Waals surface area (Å²) in [5.74, 6) is 1.01. The smallest absolute Gasteiger partial charge is 0.124 e. The molecule has 0 spiro atoms. The van der Waals surface area contributed by atoms with E-state index in [2.05, 4.69) is 27.3 Å². The molecular weight excluding hydrogens is 242 g/mol. The van der Waals surface area contributed by atoms with E-state index < -0.39 is 0 Å². The Morgan fingerprint density at radius 2 is 2.36 bits per heavy atom. The van der Waals surface area contributed by atoms with Gasteiger partial charge in [0.15, 0.2) is 0 Å². The molecule has 0 aromatic heterocycles. The van der Waals surface area contributed by atoms with Crippen molar-refractivity contribution in [2.45, 2.75) is 19.4 Å². The highest BCUT2D eigenvalue weighted by Crippen LogP contribution is 2.33. The first-order valence-corrected chi connectivity index (χ1v) is 5.76. The number of hydrogen-bond acceptors (Lipinski definition) is 2. The lowest BCUT2D eigenvalue weighted by atomic mass is 9.97. The van der Waals surface area contributed by atoms with Crippen molar-refractivity contribution in [3.63, 3.8) is 0 Å². The molecule has 0 unspecified atom stereocenters. The van der Waals surface area contributed by atoms with Crippen molar-refractivity contribution in [1.29, 1.82) is 0 Å². The number of hydrogen-bond donors (Lipinski definition) is 1. The molecule has 0 bridgehead atoms. The van der Waals surface area contributed by atoms with Crippen molar-refractivity contribution < 1.29 is 4.74 Å². The van der Waals surface area contributed by atoms with E-state index in [1.54, 1.807) is 0 Å². The van der Waals surface area contributed by atoms with Gasteiger partial charge in [-0.1, -0.05) is 15.9 Å². The monoisotopic (exact) mass is 255 g/mol. The topological polar surface area (TPSA) is 21.3 Å². The van der Waals surface area contributed by atoms with Crippen LogP contribution in [0.2, 0.25) is 0 Å². The van der Waals surface area contributed by atoms with Crippen LogP contribution in [0.4, 0.5) is 0 Å². The predicted molar refractivity (Wildman–Crippen MR) is 60.7 cm³/mol. The Morgan fingerprint density at radius 3 is 2.93 bits per heavy atom. The van der Waals surface area contributed by atoms with Gasteiger partial charge in [0.1, 0.15) is 5.75 Å². The van der Waals surface area contributed by atoms with Crippen molar-refractivity contribution in [3.05, 3.63) is 28.2 Å². The highest BCUT2D eigenvalue weighted by Gasteiger charge is 2.22. The predicted octanol–water partition coefficient (Wildman–Crippen LogP) is 2.88. The van der Waals surface area contributed by atoms with Crippen LogP contribution in [0, 0.1) is 0 Å². The maximum Gasteiger partial charge on any atom is 0.124 e. The van der Waals surface area contributed by atoms with Crippen LogP contribution in [-0.4, -0.2) is 13.2 Å². The van der Waals surface area contributed by atoms with Crippen LogP contribution in [0.3, 0.4) is 0 Å². The summed E-state index contributed by atoms with van der Waals surface area (Å²) in [6, 6.07) is 6.67. The van der Waals surface area contributed by atoms with Crippen LogP contribution in [0.1, 0.15) is 24.9 Å². The highest BCUT2D eigenvalue weighted by molar-refractivity contribution is 9.10. The van der Waals surface area contributed by atoms with Gasteiger partial charge in [-0.15, -0.1) is 0 Å². The second-order valence-electron chi connectivity index (χ2n) is 3.41. The zero-order valence-corrected chi connectivity index (χ0v) is 9.80. The number of benzene rings is 1. The van der Waals surface area contributed by atoms with E-state index in [4.69, 9.17) is 4.74 Å². The van der Waals surface area contributed by atoms with Gasteiger partial charge >= 0.3 is 0 Å². The SMILES string of the molecule is CCOc1ccc(Br)cc1[C@@H]1CCN1. The van der Waals surface area contributed by atoms with E-state index in [0.29, 0.717) is 6.04 Å². The average molecular weight is 256 g/mol.